The average Bonchev–Trinajstić information content (AvgIpc) is 2.72. The Labute approximate surface area is 192 Å². The van der Waals surface area contributed by atoms with Crippen molar-refractivity contribution in [2.45, 2.75) is 44.8 Å². The summed E-state index contributed by atoms with van der Waals surface area (Å²) in [7, 11) is 0. The molecule has 32 heavy (non-hydrogen) atoms. The lowest BCUT2D eigenvalue weighted by atomic mass is 9.86. The predicted octanol–water partition coefficient (Wildman–Crippen LogP) is 6.31. The van der Waals surface area contributed by atoms with Crippen LogP contribution in [0, 0.1) is 11.6 Å². The Morgan fingerprint density at radius 3 is 2.19 bits per heavy atom. The minimum absolute atomic E-state index is 0.0104. The Bertz CT molecular complexity index is 1030. The van der Waals surface area contributed by atoms with Crippen LogP contribution in [-0.4, -0.2) is 17.6 Å². The third-order valence-electron chi connectivity index (χ3n) is 5.31. The molecule has 2 atom stereocenters. The molecule has 0 heterocycles. The second kappa shape index (κ2) is 10.1. The fraction of sp³-hybridized carbons (Fsp3) is 0.269. The number of amides is 1. The molecule has 0 saturated heterocycles. The molecule has 3 rings (SSSR count). The van der Waals surface area contributed by atoms with Crippen LogP contribution in [0.3, 0.4) is 0 Å². The second-order valence-corrected chi connectivity index (χ2v) is 8.76. The second-order valence-electron chi connectivity index (χ2n) is 8.33. The van der Waals surface area contributed by atoms with E-state index in [1.165, 1.54) is 0 Å². The first-order valence-electron chi connectivity index (χ1n) is 10.4. The summed E-state index contributed by atoms with van der Waals surface area (Å²) in [6, 6.07) is 20.2. The standard InChI is InChI=1S/C26H26ClF2NO2/c1-17(30-25(31)26(2,3)32-23-15-21(28)14-22(29)16-23)24(19-7-5-4-6-8-19)13-18-9-11-20(27)12-10-18/h4-12,14-17,24H,13H2,1-3H3,(H,30,31)/t17?,24-/m1/s1. The van der Waals surface area contributed by atoms with Gasteiger partial charge in [0.25, 0.3) is 5.91 Å². The van der Waals surface area contributed by atoms with Gasteiger partial charge in [-0.05, 0) is 50.5 Å². The Morgan fingerprint density at radius 1 is 1.00 bits per heavy atom. The van der Waals surface area contributed by atoms with Crippen molar-refractivity contribution in [1.29, 1.82) is 0 Å². The van der Waals surface area contributed by atoms with Gasteiger partial charge in [-0.25, -0.2) is 8.78 Å². The molecule has 0 aromatic heterocycles. The molecule has 0 spiro atoms. The van der Waals surface area contributed by atoms with Crippen LogP contribution < -0.4 is 10.1 Å². The molecule has 1 amide bonds. The number of rotatable bonds is 8. The highest BCUT2D eigenvalue weighted by molar-refractivity contribution is 6.30. The van der Waals surface area contributed by atoms with Crippen LogP contribution in [0.2, 0.25) is 5.02 Å². The molecular formula is C26H26ClF2NO2. The van der Waals surface area contributed by atoms with E-state index < -0.39 is 17.2 Å². The number of nitrogens with one attached hydrogen (secondary N) is 1. The summed E-state index contributed by atoms with van der Waals surface area (Å²) >= 11 is 6.01. The largest absolute Gasteiger partial charge is 0.478 e. The predicted molar refractivity (Wildman–Crippen MR) is 123 cm³/mol. The van der Waals surface area contributed by atoms with Gasteiger partial charge in [0.2, 0.25) is 0 Å². The zero-order chi connectivity index (χ0) is 23.3. The molecule has 168 valence electrons. The fourth-order valence-electron chi connectivity index (χ4n) is 3.57. The Kier molecular flexibility index (Phi) is 7.52. The van der Waals surface area contributed by atoms with Crippen molar-refractivity contribution in [2.24, 2.45) is 0 Å². The summed E-state index contributed by atoms with van der Waals surface area (Å²) in [4.78, 5) is 13.0. The fourth-order valence-corrected chi connectivity index (χ4v) is 3.69. The van der Waals surface area contributed by atoms with E-state index >= 15 is 0 Å². The number of ether oxygens (including phenoxy) is 1. The Balaban J connectivity index is 1.77. The van der Waals surface area contributed by atoms with E-state index in [0.717, 1.165) is 29.3 Å². The molecule has 0 aliphatic carbocycles. The summed E-state index contributed by atoms with van der Waals surface area (Å²) < 4.78 is 32.7. The lowest BCUT2D eigenvalue weighted by Gasteiger charge is -2.31. The number of hydrogen-bond donors (Lipinski definition) is 1. The average molecular weight is 458 g/mol. The molecule has 3 aromatic carbocycles. The van der Waals surface area contributed by atoms with Gasteiger partial charge in [-0.3, -0.25) is 4.79 Å². The highest BCUT2D eigenvalue weighted by atomic mass is 35.5. The molecule has 6 heteroatoms. The molecule has 3 nitrogen and oxygen atoms in total. The highest BCUT2D eigenvalue weighted by Gasteiger charge is 2.33. The number of carbonyl (C=O) groups is 1. The lowest BCUT2D eigenvalue weighted by Crippen LogP contribution is -2.51. The summed E-state index contributed by atoms with van der Waals surface area (Å²) in [5.41, 5.74) is 0.840. The summed E-state index contributed by atoms with van der Waals surface area (Å²) in [5.74, 6) is -1.97. The van der Waals surface area contributed by atoms with Crippen LogP contribution in [0.5, 0.6) is 5.75 Å². The lowest BCUT2D eigenvalue weighted by molar-refractivity contribution is -0.135. The van der Waals surface area contributed by atoms with Gasteiger partial charge in [-0.15, -0.1) is 0 Å². The maximum absolute atomic E-state index is 13.5. The maximum atomic E-state index is 13.5. The topological polar surface area (TPSA) is 38.3 Å². The monoisotopic (exact) mass is 457 g/mol. The van der Waals surface area contributed by atoms with Gasteiger partial charge in [0.1, 0.15) is 17.4 Å². The van der Waals surface area contributed by atoms with E-state index in [2.05, 4.69) is 5.32 Å². The molecule has 0 bridgehead atoms. The van der Waals surface area contributed by atoms with Crippen molar-refractivity contribution in [3.63, 3.8) is 0 Å². The highest BCUT2D eigenvalue weighted by Crippen LogP contribution is 2.27. The van der Waals surface area contributed by atoms with Gasteiger partial charge in [-0.1, -0.05) is 54.1 Å². The third kappa shape index (κ3) is 6.30. The molecule has 1 N–H and O–H groups in total. The molecular weight excluding hydrogens is 432 g/mol. The number of benzene rings is 3. The molecule has 0 fully saturated rings. The van der Waals surface area contributed by atoms with Crippen LogP contribution in [0.15, 0.2) is 72.8 Å². The zero-order valence-electron chi connectivity index (χ0n) is 18.2. The smallest absolute Gasteiger partial charge is 0.263 e. The van der Waals surface area contributed by atoms with Crippen LogP contribution in [-0.2, 0) is 11.2 Å². The minimum Gasteiger partial charge on any atom is -0.478 e. The SMILES string of the molecule is CC(NC(=O)C(C)(C)Oc1cc(F)cc(F)c1)[C@@H](Cc1ccc(Cl)cc1)c1ccccc1. The van der Waals surface area contributed by atoms with Gasteiger partial charge in [-0.2, -0.15) is 0 Å². The molecule has 0 aliphatic heterocycles. The summed E-state index contributed by atoms with van der Waals surface area (Å²) in [5, 5.41) is 3.69. The van der Waals surface area contributed by atoms with Gasteiger partial charge < -0.3 is 10.1 Å². The third-order valence-corrected chi connectivity index (χ3v) is 5.57. The Hall–Kier alpha value is -2.92. The molecule has 0 saturated carbocycles. The van der Waals surface area contributed by atoms with E-state index in [1.807, 2.05) is 61.5 Å². The summed E-state index contributed by atoms with van der Waals surface area (Å²) in [6.45, 7) is 5.06. The van der Waals surface area contributed by atoms with Crippen molar-refractivity contribution in [2.75, 3.05) is 0 Å². The van der Waals surface area contributed by atoms with Crippen LogP contribution >= 0.6 is 11.6 Å². The molecule has 0 aliphatic rings. The first-order valence-corrected chi connectivity index (χ1v) is 10.8. The minimum atomic E-state index is -1.34. The number of hydrogen-bond acceptors (Lipinski definition) is 2. The van der Waals surface area contributed by atoms with Gasteiger partial charge in [0.05, 0.1) is 0 Å². The molecule has 3 aromatic rings. The van der Waals surface area contributed by atoms with Crippen molar-refractivity contribution in [3.05, 3.63) is 101 Å². The number of halogens is 3. The van der Waals surface area contributed by atoms with Crippen molar-refractivity contribution in [1.82, 2.24) is 5.32 Å². The molecule has 0 radical (unpaired) electrons. The Morgan fingerprint density at radius 2 is 1.59 bits per heavy atom. The maximum Gasteiger partial charge on any atom is 0.263 e. The van der Waals surface area contributed by atoms with Gasteiger partial charge in [0, 0.05) is 35.2 Å². The first kappa shape index (κ1) is 23.7. The normalized spacial score (nSPS) is 13.3. The summed E-state index contributed by atoms with van der Waals surface area (Å²) in [6.07, 6.45) is 0.693. The van der Waals surface area contributed by atoms with Crippen molar-refractivity contribution < 1.29 is 18.3 Å². The van der Waals surface area contributed by atoms with Gasteiger partial charge >= 0.3 is 0 Å². The van der Waals surface area contributed by atoms with Crippen molar-refractivity contribution in [3.8, 4) is 5.75 Å². The van der Waals surface area contributed by atoms with Crippen molar-refractivity contribution >= 4 is 17.5 Å². The van der Waals surface area contributed by atoms with Crippen LogP contribution in [0.4, 0.5) is 8.78 Å². The van der Waals surface area contributed by atoms with Crippen LogP contribution in [0.25, 0.3) is 0 Å². The van der Waals surface area contributed by atoms with Gasteiger partial charge in [0.15, 0.2) is 5.60 Å². The number of carbonyl (C=O) groups excluding carboxylic acids is 1. The quantitative estimate of drug-likeness (QED) is 0.430. The van der Waals surface area contributed by atoms with E-state index in [-0.39, 0.29) is 23.6 Å². The van der Waals surface area contributed by atoms with E-state index in [1.54, 1.807) is 13.8 Å². The first-order chi connectivity index (χ1) is 15.1. The van der Waals surface area contributed by atoms with E-state index in [0.29, 0.717) is 11.4 Å². The zero-order valence-corrected chi connectivity index (χ0v) is 19.0. The molecule has 1 unspecified atom stereocenters. The van der Waals surface area contributed by atoms with Crippen LogP contribution in [0.1, 0.15) is 37.8 Å². The van der Waals surface area contributed by atoms with E-state index in [4.69, 9.17) is 16.3 Å². The van der Waals surface area contributed by atoms with E-state index in [9.17, 15) is 13.6 Å².